The Hall–Kier alpha value is -3.62. The average molecular weight is 471 g/mol. The van der Waals surface area contributed by atoms with Crippen molar-refractivity contribution in [3.63, 3.8) is 0 Å². The van der Waals surface area contributed by atoms with Crippen molar-refractivity contribution in [3.05, 3.63) is 59.4 Å². The fourth-order valence-corrected chi connectivity index (χ4v) is 3.70. The van der Waals surface area contributed by atoms with Gasteiger partial charge in [0.1, 0.15) is 23.9 Å². The zero-order valence-corrected chi connectivity index (χ0v) is 20.4. The first kappa shape index (κ1) is 25.0. The van der Waals surface area contributed by atoms with Gasteiger partial charge in [0.05, 0.1) is 26.0 Å². The highest BCUT2D eigenvalue weighted by Gasteiger charge is 2.36. The molecule has 1 aliphatic heterocycles. The summed E-state index contributed by atoms with van der Waals surface area (Å²) in [7, 11) is 4.63. The first-order valence-corrected chi connectivity index (χ1v) is 10.9. The maximum Gasteiger partial charge on any atom is 0.318 e. The third-order valence-corrected chi connectivity index (χ3v) is 5.35. The van der Waals surface area contributed by atoms with Crippen molar-refractivity contribution in [2.75, 3.05) is 27.8 Å². The molecular formula is C25H31FN4O4. The second-order valence-electron chi connectivity index (χ2n) is 9.13. The molecule has 1 aliphatic rings. The van der Waals surface area contributed by atoms with E-state index >= 15 is 0 Å². The van der Waals surface area contributed by atoms with Gasteiger partial charge < -0.3 is 19.7 Å². The summed E-state index contributed by atoms with van der Waals surface area (Å²) in [5, 5.41) is 8.63. The molecule has 182 valence electrons. The maximum atomic E-state index is 14.5. The molecule has 34 heavy (non-hydrogen) atoms. The van der Waals surface area contributed by atoms with Crippen LogP contribution in [-0.2, 0) is 4.79 Å². The van der Waals surface area contributed by atoms with Crippen molar-refractivity contribution in [1.29, 1.82) is 0 Å². The zero-order valence-electron chi connectivity index (χ0n) is 20.4. The molecule has 0 fully saturated rings. The monoisotopic (exact) mass is 470 g/mol. The first-order chi connectivity index (χ1) is 16.0. The van der Waals surface area contributed by atoms with Crippen LogP contribution in [0, 0.1) is 5.82 Å². The smallest absolute Gasteiger partial charge is 0.318 e. The number of rotatable bonds is 6. The molecule has 0 aromatic heterocycles. The van der Waals surface area contributed by atoms with Crippen molar-refractivity contribution >= 4 is 17.6 Å². The summed E-state index contributed by atoms with van der Waals surface area (Å²) < 4.78 is 25.4. The van der Waals surface area contributed by atoms with Gasteiger partial charge in [0, 0.05) is 30.1 Å². The van der Waals surface area contributed by atoms with Crippen LogP contribution < -0.4 is 14.8 Å². The molecule has 0 unspecified atom stereocenters. The minimum atomic E-state index is -0.564. The van der Waals surface area contributed by atoms with Crippen molar-refractivity contribution in [3.8, 4) is 11.5 Å². The first-order valence-electron chi connectivity index (χ1n) is 10.9. The van der Waals surface area contributed by atoms with Gasteiger partial charge in [-0.1, -0.05) is 18.2 Å². The lowest BCUT2D eigenvalue weighted by Gasteiger charge is -2.28. The third-order valence-electron chi connectivity index (χ3n) is 5.35. The van der Waals surface area contributed by atoms with Gasteiger partial charge >= 0.3 is 6.03 Å². The van der Waals surface area contributed by atoms with Crippen LogP contribution in [0.5, 0.6) is 11.5 Å². The van der Waals surface area contributed by atoms with E-state index in [2.05, 4.69) is 10.4 Å². The molecule has 0 saturated carbocycles. The van der Waals surface area contributed by atoms with Crippen molar-refractivity contribution < 1.29 is 23.5 Å². The predicted octanol–water partition coefficient (Wildman–Crippen LogP) is 3.96. The summed E-state index contributed by atoms with van der Waals surface area (Å²) in [6, 6.07) is 10.6. The van der Waals surface area contributed by atoms with Gasteiger partial charge in [-0.05, 0) is 45.0 Å². The number of urea groups is 1. The summed E-state index contributed by atoms with van der Waals surface area (Å²) in [6.45, 7) is 5.37. The Morgan fingerprint density at radius 1 is 1.18 bits per heavy atom. The number of carbonyl (C=O) groups excluding carboxylic acids is 2. The van der Waals surface area contributed by atoms with Gasteiger partial charge in [0.2, 0.25) is 0 Å². The summed E-state index contributed by atoms with van der Waals surface area (Å²) in [5.74, 6) is 0.304. The van der Waals surface area contributed by atoms with E-state index < -0.39 is 23.3 Å². The van der Waals surface area contributed by atoms with E-state index in [9.17, 15) is 14.0 Å². The Balaban J connectivity index is 1.96. The number of hydrogen-bond donors (Lipinski definition) is 1. The average Bonchev–Trinajstić information content (AvgIpc) is 3.23. The van der Waals surface area contributed by atoms with Crippen LogP contribution in [0.4, 0.5) is 9.18 Å². The Bertz CT molecular complexity index is 1100. The second-order valence-corrected chi connectivity index (χ2v) is 9.13. The number of hydrogen-bond acceptors (Lipinski definition) is 5. The summed E-state index contributed by atoms with van der Waals surface area (Å²) in [4.78, 5) is 27.1. The molecular weight excluding hydrogens is 439 g/mol. The Morgan fingerprint density at radius 2 is 1.88 bits per heavy atom. The molecule has 9 heteroatoms. The lowest BCUT2D eigenvalue weighted by molar-refractivity contribution is -0.133. The number of hydrazone groups is 1. The SMILES string of the molecule is COc1ccc(OC)c([C@H]2CC(c3ccccc3F)=NN2C(=O)CN(C)C(=O)NC(C)(C)C)c1. The number of amides is 3. The van der Waals surface area contributed by atoms with Gasteiger partial charge in [0.15, 0.2) is 0 Å². The molecule has 0 spiro atoms. The fourth-order valence-electron chi connectivity index (χ4n) is 3.70. The summed E-state index contributed by atoms with van der Waals surface area (Å²) in [6.07, 6.45) is 0.272. The molecule has 1 N–H and O–H groups in total. The van der Waals surface area contributed by atoms with Crippen LogP contribution in [0.25, 0.3) is 0 Å². The Kier molecular flexibility index (Phi) is 7.44. The van der Waals surface area contributed by atoms with E-state index in [1.165, 1.54) is 30.1 Å². The fraction of sp³-hybridized carbons (Fsp3) is 0.400. The van der Waals surface area contributed by atoms with Crippen LogP contribution in [0.15, 0.2) is 47.6 Å². The molecule has 8 nitrogen and oxygen atoms in total. The highest BCUT2D eigenvalue weighted by molar-refractivity contribution is 6.03. The number of ether oxygens (including phenoxy) is 2. The van der Waals surface area contributed by atoms with Crippen LogP contribution in [0.2, 0.25) is 0 Å². The lowest BCUT2D eigenvalue weighted by Crippen LogP contribution is -2.49. The van der Waals surface area contributed by atoms with Crippen molar-refractivity contribution in [1.82, 2.24) is 15.2 Å². The van der Waals surface area contributed by atoms with E-state index in [1.807, 2.05) is 20.8 Å². The number of nitrogens with zero attached hydrogens (tertiary/aromatic N) is 3. The Labute approximate surface area is 199 Å². The molecule has 2 aromatic rings. The number of carbonyl (C=O) groups is 2. The minimum Gasteiger partial charge on any atom is -0.497 e. The highest BCUT2D eigenvalue weighted by Crippen LogP contribution is 2.39. The number of benzene rings is 2. The molecule has 0 aliphatic carbocycles. The molecule has 0 saturated heterocycles. The summed E-state index contributed by atoms with van der Waals surface area (Å²) in [5.41, 5.74) is 0.980. The lowest BCUT2D eigenvalue weighted by atomic mass is 9.97. The number of likely N-dealkylation sites (N-methyl/N-ethyl adjacent to an activating group) is 1. The quantitative estimate of drug-likeness (QED) is 0.693. The van der Waals surface area contributed by atoms with Gasteiger partial charge in [-0.2, -0.15) is 5.10 Å². The van der Waals surface area contributed by atoms with E-state index in [0.717, 1.165) is 0 Å². The molecule has 3 amide bonds. The number of methoxy groups -OCH3 is 2. The van der Waals surface area contributed by atoms with Crippen LogP contribution >= 0.6 is 0 Å². The van der Waals surface area contributed by atoms with Gasteiger partial charge in [-0.15, -0.1) is 0 Å². The van der Waals surface area contributed by atoms with E-state index in [0.29, 0.717) is 28.3 Å². The molecule has 0 radical (unpaired) electrons. The Morgan fingerprint density at radius 3 is 2.50 bits per heavy atom. The van der Waals surface area contributed by atoms with Crippen LogP contribution in [-0.4, -0.2) is 60.9 Å². The third kappa shape index (κ3) is 5.65. The molecule has 2 aromatic carbocycles. The van der Waals surface area contributed by atoms with Crippen LogP contribution in [0.1, 0.15) is 44.4 Å². The number of halogens is 1. The largest absolute Gasteiger partial charge is 0.497 e. The number of nitrogens with one attached hydrogen (secondary N) is 1. The van der Waals surface area contributed by atoms with E-state index in [1.54, 1.807) is 43.5 Å². The predicted molar refractivity (Wildman–Crippen MR) is 128 cm³/mol. The van der Waals surface area contributed by atoms with E-state index in [-0.39, 0.29) is 19.0 Å². The zero-order chi connectivity index (χ0) is 25.0. The van der Waals surface area contributed by atoms with Gasteiger partial charge in [-0.25, -0.2) is 14.2 Å². The topological polar surface area (TPSA) is 83.5 Å². The van der Waals surface area contributed by atoms with Gasteiger partial charge in [-0.3, -0.25) is 4.79 Å². The highest BCUT2D eigenvalue weighted by atomic mass is 19.1. The van der Waals surface area contributed by atoms with Crippen molar-refractivity contribution in [2.45, 2.75) is 38.8 Å². The minimum absolute atomic E-state index is 0.210. The second kappa shape index (κ2) is 10.1. The molecule has 0 bridgehead atoms. The van der Waals surface area contributed by atoms with E-state index in [4.69, 9.17) is 9.47 Å². The van der Waals surface area contributed by atoms with Gasteiger partial charge in [0.25, 0.3) is 5.91 Å². The summed E-state index contributed by atoms with van der Waals surface area (Å²) >= 11 is 0. The standard InChI is InChI=1S/C25H31FN4O4/c1-25(2,3)27-24(32)29(4)15-23(31)30-21(18-13-16(33-5)11-12-22(18)34-6)14-20(28-30)17-9-7-8-10-19(17)26/h7-13,21H,14-15H2,1-6H3,(H,27,32)/t21-/m1/s1. The van der Waals surface area contributed by atoms with Crippen molar-refractivity contribution in [2.24, 2.45) is 5.10 Å². The normalized spacial score (nSPS) is 15.6. The maximum absolute atomic E-state index is 14.5. The molecule has 1 atom stereocenters. The van der Waals surface area contributed by atoms with Crippen LogP contribution in [0.3, 0.4) is 0 Å². The molecule has 3 rings (SSSR count). The molecule has 1 heterocycles.